The molecule has 1 heterocycles. The maximum absolute atomic E-state index is 3.32. The zero-order valence-corrected chi connectivity index (χ0v) is 9.80. The highest BCUT2D eigenvalue weighted by Gasteiger charge is 2.13. The highest BCUT2D eigenvalue weighted by molar-refractivity contribution is 5.69. The van der Waals surface area contributed by atoms with E-state index in [1.165, 1.54) is 16.7 Å². The van der Waals surface area contributed by atoms with E-state index in [1.807, 2.05) is 0 Å². The van der Waals surface area contributed by atoms with Crippen molar-refractivity contribution < 1.29 is 0 Å². The van der Waals surface area contributed by atoms with Gasteiger partial charge in [0, 0.05) is 13.1 Å². The number of benzene rings is 1. The van der Waals surface area contributed by atoms with Crippen LogP contribution >= 0.6 is 0 Å². The monoisotopic (exact) mass is 201 g/mol. The minimum Gasteiger partial charge on any atom is -0.309 e. The van der Waals surface area contributed by atoms with E-state index in [1.54, 1.807) is 0 Å². The van der Waals surface area contributed by atoms with Gasteiger partial charge in [0.2, 0.25) is 0 Å². The van der Waals surface area contributed by atoms with Gasteiger partial charge in [0.05, 0.1) is 0 Å². The molecule has 1 aromatic carbocycles. The maximum atomic E-state index is 3.32. The SMILES string of the molecule is CC(C)(C)c1ccc(C2=CCNC2)cc1. The Hall–Kier alpha value is -1.08. The summed E-state index contributed by atoms with van der Waals surface area (Å²) < 4.78 is 0. The van der Waals surface area contributed by atoms with Gasteiger partial charge in [0.25, 0.3) is 0 Å². The summed E-state index contributed by atoms with van der Waals surface area (Å²) in [4.78, 5) is 0. The summed E-state index contributed by atoms with van der Waals surface area (Å²) in [5, 5.41) is 3.32. The van der Waals surface area contributed by atoms with Crippen molar-refractivity contribution in [2.75, 3.05) is 13.1 Å². The normalized spacial score (nSPS) is 16.6. The van der Waals surface area contributed by atoms with Gasteiger partial charge < -0.3 is 5.32 Å². The molecule has 0 fully saturated rings. The molecule has 1 aliphatic rings. The van der Waals surface area contributed by atoms with E-state index in [4.69, 9.17) is 0 Å². The molecule has 0 radical (unpaired) electrons. The van der Waals surface area contributed by atoms with E-state index >= 15 is 0 Å². The first-order valence-electron chi connectivity index (χ1n) is 5.58. The summed E-state index contributed by atoms with van der Waals surface area (Å²) in [5.41, 5.74) is 4.43. The molecular weight excluding hydrogens is 182 g/mol. The van der Waals surface area contributed by atoms with Crippen molar-refractivity contribution in [2.24, 2.45) is 0 Å². The Morgan fingerprint density at radius 1 is 1.07 bits per heavy atom. The van der Waals surface area contributed by atoms with Crippen LogP contribution < -0.4 is 5.32 Å². The summed E-state index contributed by atoms with van der Waals surface area (Å²) in [6, 6.07) is 8.96. The molecule has 80 valence electrons. The highest BCUT2D eigenvalue weighted by atomic mass is 14.9. The zero-order chi connectivity index (χ0) is 10.9. The van der Waals surface area contributed by atoms with E-state index in [-0.39, 0.29) is 5.41 Å². The molecule has 0 saturated carbocycles. The highest BCUT2D eigenvalue weighted by Crippen LogP contribution is 2.24. The molecule has 15 heavy (non-hydrogen) atoms. The van der Waals surface area contributed by atoms with Crippen molar-refractivity contribution in [1.29, 1.82) is 0 Å². The Morgan fingerprint density at radius 3 is 2.20 bits per heavy atom. The molecule has 0 aromatic heterocycles. The third-order valence-corrected chi connectivity index (χ3v) is 2.93. The Kier molecular flexibility index (Phi) is 2.66. The average molecular weight is 201 g/mol. The van der Waals surface area contributed by atoms with Gasteiger partial charge in [-0.05, 0) is 22.1 Å². The number of hydrogen-bond acceptors (Lipinski definition) is 1. The lowest BCUT2D eigenvalue weighted by molar-refractivity contribution is 0.590. The fourth-order valence-electron chi connectivity index (χ4n) is 1.88. The van der Waals surface area contributed by atoms with Crippen molar-refractivity contribution in [3.8, 4) is 0 Å². The Labute approximate surface area is 92.2 Å². The Balaban J connectivity index is 2.24. The summed E-state index contributed by atoms with van der Waals surface area (Å²) in [6.07, 6.45) is 2.27. The minimum atomic E-state index is 0.251. The average Bonchev–Trinajstić information content (AvgIpc) is 2.69. The molecule has 0 amide bonds. The molecule has 0 saturated heterocycles. The second-order valence-electron chi connectivity index (χ2n) is 5.19. The van der Waals surface area contributed by atoms with E-state index in [0.717, 1.165) is 13.1 Å². The first kappa shape index (κ1) is 10.4. The first-order valence-corrected chi connectivity index (χ1v) is 5.58. The van der Waals surface area contributed by atoms with Gasteiger partial charge in [-0.15, -0.1) is 0 Å². The van der Waals surface area contributed by atoms with Crippen LogP contribution in [0.3, 0.4) is 0 Å². The quantitative estimate of drug-likeness (QED) is 0.736. The fraction of sp³-hybridized carbons (Fsp3) is 0.429. The lowest BCUT2D eigenvalue weighted by Gasteiger charge is -2.19. The Bertz CT molecular complexity index is 365. The first-order chi connectivity index (χ1) is 7.07. The molecule has 1 nitrogen and oxygen atoms in total. The van der Waals surface area contributed by atoms with Crippen LogP contribution in [0.4, 0.5) is 0 Å². The topological polar surface area (TPSA) is 12.0 Å². The molecule has 0 bridgehead atoms. The van der Waals surface area contributed by atoms with E-state index in [2.05, 4.69) is 56.4 Å². The summed E-state index contributed by atoms with van der Waals surface area (Å²) in [7, 11) is 0. The molecule has 0 aliphatic carbocycles. The van der Waals surface area contributed by atoms with Crippen LogP contribution in [0, 0.1) is 0 Å². The second-order valence-corrected chi connectivity index (χ2v) is 5.19. The molecule has 1 heteroatoms. The lowest BCUT2D eigenvalue weighted by Crippen LogP contribution is -2.11. The minimum absolute atomic E-state index is 0.251. The second kappa shape index (κ2) is 3.82. The lowest BCUT2D eigenvalue weighted by atomic mass is 9.86. The third kappa shape index (κ3) is 2.29. The van der Waals surface area contributed by atoms with Crippen molar-refractivity contribution in [3.05, 3.63) is 41.5 Å². The predicted octanol–water partition coefficient (Wildman–Crippen LogP) is 2.97. The number of nitrogens with one attached hydrogen (secondary N) is 1. The van der Waals surface area contributed by atoms with Crippen molar-refractivity contribution in [2.45, 2.75) is 26.2 Å². The van der Waals surface area contributed by atoms with Crippen LogP contribution in [0.5, 0.6) is 0 Å². The van der Waals surface area contributed by atoms with Gasteiger partial charge in [-0.2, -0.15) is 0 Å². The summed E-state index contributed by atoms with van der Waals surface area (Å²) in [5.74, 6) is 0. The number of hydrogen-bond donors (Lipinski definition) is 1. The Morgan fingerprint density at radius 2 is 1.73 bits per heavy atom. The van der Waals surface area contributed by atoms with Crippen molar-refractivity contribution >= 4 is 5.57 Å². The molecule has 0 spiro atoms. The van der Waals surface area contributed by atoms with Crippen LogP contribution in [-0.2, 0) is 5.41 Å². The van der Waals surface area contributed by atoms with Gasteiger partial charge >= 0.3 is 0 Å². The van der Waals surface area contributed by atoms with Crippen LogP contribution in [0.25, 0.3) is 5.57 Å². The van der Waals surface area contributed by atoms with Crippen LogP contribution in [0.15, 0.2) is 30.3 Å². The largest absolute Gasteiger partial charge is 0.309 e. The fourth-order valence-corrected chi connectivity index (χ4v) is 1.88. The smallest absolute Gasteiger partial charge is 0.0211 e. The van der Waals surface area contributed by atoms with Gasteiger partial charge in [-0.3, -0.25) is 0 Å². The van der Waals surface area contributed by atoms with Crippen LogP contribution in [0.1, 0.15) is 31.9 Å². The predicted molar refractivity (Wildman–Crippen MR) is 66.0 cm³/mol. The molecular formula is C14H19N. The van der Waals surface area contributed by atoms with Crippen LogP contribution in [0.2, 0.25) is 0 Å². The maximum Gasteiger partial charge on any atom is 0.0211 e. The number of rotatable bonds is 1. The molecule has 2 rings (SSSR count). The van der Waals surface area contributed by atoms with E-state index in [0.29, 0.717) is 0 Å². The van der Waals surface area contributed by atoms with Gasteiger partial charge in [-0.25, -0.2) is 0 Å². The zero-order valence-electron chi connectivity index (χ0n) is 9.80. The van der Waals surface area contributed by atoms with E-state index < -0.39 is 0 Å². The van der Waals surface area contributed by atoms with E-state index in [9.17, 15) is 0 Å². The molecule has 1 aliphatic heterocycles. The van der Waals surface area contributed by atoms with Gasteiger partial charge in [-0.1, -0.05) is 51.1 Å². The van der Waals surface area contributed by atoms with Crippen molar-refractivity contribution in [1.82, 2.24) is 5.32 Å². The third-order valence-electron chi connectivity index (χ3n) is 2.93. The van der Waals surface area contributed by atoms with Gasteiger partial charge in [0.1, 0.15) is 0 Å². The standard InChI is InChI=1S/C14H19N/c1-14(2,3)13-6-4-11(5-7-13)12-8-9-15-10-12/h4-8,15H,9-10H2,1-3H3. The molecule has 1 N–H and O–H groups in total. The molecule has 0 unspecified atom stereocenters. The molecule has 0 atom stereocenters. The summed E-state index contributed by atoms with van der Waals surface area (Å²) in [6.45, 7) is 8.76. The van der Waals surface area contributed by atoms with Crippen LogP contribution in [-0.4, -0.2) is 13.1 Å². The summed E-state index contributed by atoms with van der Waals surface area (Å²) >= 11 is 0. The van der Waals surface area contributed by atoms with Crippen molar-refractivity contribution in [3.63, 3.8) is 0 Å². The van der Waals surface area contributed by atoms with Gasteiger partial charge in [0.15, 0.2) is 0 Å². The molecule has 1 aromatic rings.